The van der Waals surface area contributed by atoms with E-state index in [-0.39, 0.29) is 18.3 Å². The van der Waals surface area contributed by atoms with Crippen LogP contribution in [0.2, 0.25) is 10.0 Å². The first-order valence-electron chi connectivity index (χ1n) is 13.6. The number of rotatable bonds is 8. The van der Waals surface area contributed by atoms with Gasteiger partial charge in [-0.1, -0.05) is 60.7 Å². The number of benzene rings is 2. The van der Waals surface area contributed by atoms with Crippen LogP contribution in [0, 0.1) is 5.92 Å². The van der Waals surface area contributed by atoms with Crippen molar-refractivity contribution in [3.8, 4) is 0 Å². The van der Waals surface area contributed by atoms with Crippen molar-refractivity contribution in [1.29, 1.82) is 0 Å². The summed E-state index contributed by atoms with van der Waals surface area (Å²) in [7, 11) is 0. The van der Waals surface area contributed by atoms with Crippen LogP contribution < -0.4 is 11.1 Å². The number of nitrogens with zero attached hydrogens (tertiary/aromatic N) is 1. The lowest BCUT2D eigenvalue weighted by atomic mass is 9.87. The first-order chi connectivity index (χ1) is 17.1. The molecule has 2 aliphatic rings. The molecule has 1 aromatic heterocycles. The highest BCUT2D eigenvalue weighted by molar-refractivity contribution is 6.34. The normalized spacial score (nSPS) is 21.9. The summed E-state index contributed by atoms with van der Waals surface area (Å²) in [6, 6.07) is 15.9. The van der Waals surface area contributed by atoms with Crippen molar-refractivity contribution in [2.45, 2.75) is 88.8 Å². The largest absolute Gasteiger partial charge is 0.347 e. The lowest BCUT2D eigenvalue weighted by molar-refractivity contribution is 0.322. The first-order valence-corrected chi connectivity index (χ1v) is 14.3. The van der Waals surface area contributed by atoms with Crippen LogP contribution in [0.4, 0.5) is 0 Å². The van der Waals surface area contributed by atoms with Crippen LogP contribution in [0.1, 0.15) is 81.3 Å². The smallest absolute Gasteiger partial charge is 0.0483 e. The topological polar surface area (TPSA) is 43.0 Å². The molecule has 2 aliphatic carbocycles. The van der Waals surface area contributed by atoms with Gasteiger partial charge in [0, 0.05) is 51.7 Å². The average molecular weight is 549 g/mol. The Bertz CT molecular complexity index is 1090. The van der Waals surface area contributed by atoms with Crippen LogP contribution in [0.3, 0.4) is 0 Å². The lowest BCUT2D eigenvalue weighted by Crippen LogP contribution is -2.38. The van der Waals surface area contributed by atoms with Gasteiger partial charge in [0.15, 0.2) is 0 Å². The fourth-order valence-electron chi connectivity index (χ4n) is 6.38. The number of hydrogen-bond acceptors (Lipinski definition) is 2. The van der Waals surface area contributed by atoms with Crippen molar-refractivity contribution in [1.82, 2.24) is 9.88 Å². The Labute approximate surface area is 232 Å². The van der Waals surface area contributed by atoms with E-state index in [4.69, 9.17) is 28.9 Å². The van der Waals surface area contributed by atoms with E-state index in [9.17, 15) is 0 Å². The van der Waals surface area contributed by atoms with Crippen LogP contribution in [-0.4, -0.2) is 23.2 Å². The molecule has 2 saturated carbocycles. The van der Waals surface area contributed by atoms with E-state index in [2.05, 4.69) is 52.5 Å². The van der Waals surface area contributed by atoms with Gasteiger partial charge in [0.1, 0.15) is 0 Å². The monoisotopic (exact) mass is 547 g/mol. The lowest BCUT2D eigenvalue weighted by Gasteiger charge is -2.28. The minimum absolute atomic E-state index is 0. The summed E-state index contributed by atoms with van der Waals surface area (Å²) in [6.07, 6.45) is 14.9. The molecule has 3 N–H and O–H groups in total. The molecule has 0 spiro atoms. The van der Waals surface area contributed by atoms with Crippen LogP contribution in [-0.2, 0) is 6.54 Å². The zero-order valence-electron chi connectivity index (χ0n) is 21.1. The van der Waals surface area contributed by atoms with Gasteiger partial charge >= 0.3 is 0 Å². The third-order valence-electron chi connectivity index (χ3n) is 8.30. The van der Waals surface area contributed by atoms with Crippen molar-refractivity contribution in [3.63, 3.8) is 0 Å². The number of aromatic nitrogens is 1. The zero-order chi connectivity index (χ0) is 24.2. The van der Waals surface area contributed by atoms with Crippen LogP contribution in [0.5, 0.6) is 0 Å². The summed E-state index contributed by atoms with van der Waals surface area (Å²) in [6.45, 7) is 2.08. The molecule has 5 rings (SSSR count). The summed E-state index contributed by atoms with van der Waals surface area (Å²) in [5, 5.41) is 6.60. The maximum absolute atomic E-state index is 6.49. The summed E-state index contributed by atoms with van der Waals surface area (Å²) in [4.78, 5) is 0. The van der Waals surface area contributed by atoms with Crippen molar-refractivity contribution >= 4 is 46.5 Å². The molecule has 0 bridgehead atoms. The van der Waals surface area contributed by atoms with E-state index >= 15 is 0 Å². The maximum Gasteiger partial charge on any atom is 0.0483 e. The van der Waals surface area contributed by atoms with Gasteiger partial charge in [0.2, 0.25) is 0 Å². The first kappa shape index (κ1) is 27.8. The standard InChI is InChI=1S/C30H39Cl2N3.ClH/c31-23-16-22(17-24(32)18-23)27(14-15-34-26-12-10-25(33)11-13-26)29-20-35(19-21-6-2-1-3-7-21)30-9-5-4-8-28(29)30;/h4-5,8-9,16-18,20-21,25-27,34H,1-3,6-7,10-15,19,33H2;1H. The fraction of sp³-hybridized carbons (Fsp3) is 0.533. The molecule has 36 heavy (non-hydrogen) atoms. The molecule has 1 unspecified atom stereocenters. The van der Waals surface area contributed by atoms with Crippen LogP contribution in [0.25, 0.3) is 10.9 Å². The SMILES string of the molecule is Cl.NC1CCC(NCCC(c2cc(Cl)cc(Cl)c2)c2cn(CC3CCCCC3)c3ccccc23)CC1. The Morgan fingerprint density at radius 1 is 0.917 bits per heavy atom. The number of hydrogen-bond donors (Lipinski definition) is 2. The molecule has 1 atom stereocenters. The van der Waals surface area contributed by atoms with Gasteiger partial charge in [-0.05, 0) is 92.8 Å². The molecule has 0 aliphatic heterocycles. The molecule has 196 valence electrons. The highest BCUT2D eigenvalue weighted by Gasteiger charge is 2.24. The van der Waals surface area contributed by atoms with Crippen LogP contribution >= 0.6 is 35.6 Å². The van der Waals surface area contributed by atoms with E-state index < -0.39 is 0 Å². The molecular weight excluding hydrogens is 509 g/mol. The predicted molar refractivity (Wildman–Crippen MR) is 157 cm³/mol. The van der Waals surface area contributed by atoms with Gasteiger partial charge in [-0.15, -0.1) is 12.4 Å². The third-order valence-corrected chi connectivity index (χ3v) is 8.74. The fourth-order valence-corrected chi connectivity index (χ4v) is 6.93. The quantitative estimate of drug-likeness (QED) is 0.297. The molecule has 1 heterocycles. The number of nitrogens with one attached hydrogen (secondary N) is 1. The second-order valence-corrected chi connectivity index (χ2v) is 11.7. The van der Waals surface area contributed by atoms with Gasteiger partial charge in [-0.25, -0.2) is 0 Å². The predicted octanol–water partition coefficient (Wildman–Crippen LogP) is 8.33. The maximum atomic E-state index is 6.49. The number of halogens is 3. The Kier molecular flexibility index (Phi) is 10.1. The molecule has 2 aromatic carbocycles. The molecule has 0 saturated heterocycles. The van der Waals surface area contributed by atoms with Crippen molar-refractivity contribution in [2.75, 3.05) is 6.54 Å². The molecule has 6 heteroatoms. The van der Waals surface area contributed by atoms with Gasteiger partial charge in [0.25, 0.3) is 0 Å². The van der Waals surface area contributed by atoms with Gasteiger partial charge < -0.3 is 15.6 Å². The summed E-state index contributed by atoms with van der Waals surface area (Å²) in [5.41, 5.74) is 10.1. The Morgan fingerprint density at radius 3 is 2.33 bits per heavy atom. The van der Waals surface area contributed by atoms with Gasteiger partial charge in [0.05, 0.1) is 0 Å². The van der Waals surface area contributed by atoms with Crippen molar-refractivity contribution < 1.29 is 0 Å². The van der Waals surface area contributed by atoms with E-state index in [1.807, 2.05) is 6.07 Å². The number of fused-ring (bicyclic) bond motifs is 1. The Morgan fingerprint density at radius 2 is 1.61 bits per heavy atom. The van der Waals surface area contributed by atoms with Crippen LogP contribution in [0.15, 0.2) is 48.7 Å². The molecule has 0 amide bonds. The summed E-state index contributed by atoms with van der Waals surface area (Å²) >= 11 is 13.0. The second kappa shape index (κ2) is 13.0. The Balaban J connectivity index is 0.00000304. The van der Waals surface area contributed by atoms with Gasteiger partial charge in [-0.2, -0.15) is 0 Å². The van der Waals surface area contributed by atoms with E-state index in [1.165, 1.54) is 67.0 Å². The van der Waals surface area contributed by atoms with E-state index in [0.717, 1.165) is 38.3 Å². The average Bonchev–Trinajstić information content (AvgIpc) is 3.21. The van der Waals surface area contributed by atoms with Gasteiger partial charge in [-0.3, -0.25) is 0 Å². The zero-order valence-corrected chi connectivity index (χ0v) is 23.4. The molecule has 3 nitrogen and oxygen atoms in total. The second-order valence-electron chi connectivity index (χ2n) is 10.9. The summed E-state index contributed by atoms with van der Waals surface area (Å²) < 4.78 is 2.52. The Hall–Kier alpha value is -1.23. The van der Waals surface area contributed by atoms with Crippen molar-refractivity contribution in [3.05, 3.63) is 69.8 Å². The molecule has 2 fully saturated rings. The molecule has 3 aromatic rings. The molecule has 0 radical (unpaired) electrons. The highest BCUT2D eigenvalue weighted by Crippen LogP contribution is 2.38. The van der Waals surface area contributed by atoms with E-state index in [1.54, 1.807) is 0 Å². The molecular formula is C30H40Cl3N3. The number of para-hydroxylation sites is 1. The highest BCUT2D eigenvalue weighted by atomic mass is 35.5. The minimum Gasteiger partial charge on any atom is -0.347 e. The van der Waals surface area contributed by atoms with E-state index in [0.29, 0.717) is 22.1 Å². The summed E-state index contributed by atoms with van der Waals surface area (Å²) in [5.74, 6) is 1.02. The van der Waals surface area contributed by atoms with Crippen molar-refractivity contribution in [2.24, 2.45) is 11.7 Å². The number of nitrogens with two attached hydrogens (primary N) is 1. The third kappa shape index (κ3) is 6.79. The minimum atomic E-state index is 0.